The van der Waals surface area contributed by atoms with E-state index in [-0.39, 0.29) is 23.5 Å². The summed E-state index contributed by atoms with van der Waals surface area (Å²) in [5.41, 5.74) is 2.55. The molecule has 3 aliphatic heterocycles. The highest BCUT2D eigenvalue weighted by molar-refractivity contribution is 5.98. The van der Waals surface area contributed by atoms with Crippen LogP contribution in [-0.2, 0) is 16.0 Å². The number of hydrogen-bond donors (Lipinski definition) is 2. The van der Waals surface area contributed by atoms with Gasteiger partial charge >= 0.3 is 0 Å². The van der Waals surface area contributed by atoms with Gasteiger partial charge in [0, 0.05) is 24.4 Å². The van der Waals surface area contributed by atoms with E-state index in [1.54, 1.807) is 6.92 Å². The van der Waals surface area contributed by atoms with Crippen molar-refractivity contribution in [3.05, 3.63) is 29.3 Å². The number of ether oxygens (including phenoxy) is 1. The first kappa shape index (κ1) is 29.7. The molecule has 5 rings (SSSR count). The third-order valence-electron chi connectivity index (χ3n) is 9.29. The summed E-state index contributed by atoms with van der Waals surface area (Å²) in [6.45, 7) is 11.9. The number of likely N-dealkylation sites (tertiary alicyclic amines) is 1. The van der Waals surface area contributed by atoms with Crippen molar-refractivity contribution in [1.29, 1.82) is 0 Å². The molecule has 7 nitrogen and oxygen atoms in total. The Bertz CT molecular complexity index is 987. The molecule has 1 spiro atoms. The van der Waals surface area contributed by atoms with E-state index in [0.717, 1.165) is 42.1 Å². The molecule has 0 radical (unpaired) electrons. The number of hydrogen-bond acceptors (Lipinski definition) is 6. The third-order valence-corrected chi connectivity index (χ3v) is 9.29. The lowest BCUT2D eigenvalue weighted by molar-refractivity contribution is -0.135. The Morgan fingerprint density at radius 3 is 2.44 bits per heavy atom. The number of nitrogens with one attached hydrogen (secondary N) is 2. The maximum absolute atomic E-state index is 11.9. The minimum absolute atomic E-state index is 0.0164. The number of aryl methyl sites for hydroxylation is 1. The Labute approximate surface area is 234 Å². The first-order valence-corrected chi connectivity index (χ1v) is 15.3. The molecule has 3 saturated heterocycles. The molecule has 0 bridgehead atoms. The average molecular weight is 540 g/mol. The van der Waals surface area contributed by atoms with Crippen molar-refractivity contribution in [3.63, 3.8) is 0 Å². The summed E-state index contributed by atoms with van der Waals surface area (Å²) >= 11 is 0. The number of rotatable bonds is 8. The van der Waals surface area contributed by atoms with E-state index in [2.05, 4.69) is 28.5 Å². The van der Waals surface area contributed by atoms with Crippen molar-refractivity contribution in [2.24, 2.45) is 17.3 Å². The zero-order valence-corrected chi connectivity index (χ0v) is 24.4. The summed E-state index contributed by atoms with van der Waals surface area (Å²) in [5.74, 6) is 1.76. The molecule has 1 atom stereocenters. The normalized spacial score (nSPS) is 23.9. The van der Waals surface area contributed by atoms with Crippen LogP contribution in [-0.4, -0.2) is 61.3 Å². The first-order chi connectivity index (χ1) is 18.8. The fourth-order valence-electron chi connectivity index (χ4n) is 6.59. The molecule has 1 saturated carbocycles. The van der Waals surface area contributed by atoms with Gasteiger partial charge < -0.3 is 15.0 Å². The van der Waals surface area contributed by atoms with Crippen molar-refractivity contribution in [3.8, 4) is 5.75 Å². The molecule has 4 fully saturated rings. The highest BCUT2D eigenvalue weighted by atomic mass is 16.5. The number of carbonyl (C=O) groups is 3. The van der Waals surface area contributed by atoms with Crippen LogP contribution >= 0.6 is 0 Å². The van der Waals surface area contributed by atoms with Gasteiger partial charge in [0.15, 0.2) is 5.78 Å². The Morgan fingerprint density at radius 2 is 1.82 bits per heavy atom. The lowest BCUT2D eigenvalue weighted by Gasteiger charge is -2.52. The predicted molar refractivity (Wildman–Crippen MR) is 154 cm³/mol. The van der Waals surface area contributed by atoms with Gasteiger partial charge in [-0.15, -0.1) is 0 Å². The zero-order chi connectivity index (χ0) is 27.8. The summed E-state index contributed by atoms with van der Waals surface area (Å²) in [6.07, 6.45) is 12.5. The van der Waals surface area contributed by atoms with Crippen molar-refractivity contribution < 1.29 is 19.1 Å². The molecule has 1 aliphatic carbocycles. The number of amides is 2. The number of ketones is 1. The van der Waals surface area contributed by atoms with Gasteiger partial charge in [0.25, 0.3) is 0 Å². The SMILES string of the molecule is CC1CCC(=O)NC1=O.CCCCc1cc(OC2CC3(CCN(CC4CCNCC4)CC3)C2)ccc1C(C)=O. The molecule has 3 heterocycles. The molecule has 4 aliphatic rings. The number of carbonyl (C=O) groups excluding carboxylic acids is 3. The van der Waals surface area contributed by atoms with Gasteiger partial charge in [0.05, 0.1) is 6.10 Å². The van der Waals surface area contributed by atoms with Crippen molar-refractivity contribution in [1.82, 2.24) is 15.5 Å². The molecule has 2 amide bonds. The van der Waals surface area contributed by atoms with Crippen LogP contribution in [0.4, 0.5) is 0 Å². The second kappa shape index (κ2) is 13.9. The lowest BCUT2D eigenvalue weighted by Crippen LogP contribution is -2.51. The molecule has 1 unspecified atom stereocenters. The summed E-state index contributed by atoms with van der Waals surface area (Å²) in [7, 11) is 0. The molecule has 1 aromatic carbocycles. The van der Waals surface area contributed by atoms with Crippen LogP contribution in [0.5, 0.6) is 5.75 Å². The number of unbranched alkanes of at least 4 members (excludes halogenated alkanes) is 1. The molecule has 7 heteroatoms. The van der Waals surface area contributed by atoms with E-state index in [4.69, 9.17) is 4.74 Å². The lowest BCUT2D eigenvalue weighted by atomic mass is 9.61. The van der Waals surface area contributed by atoms with Gasteiger partial charge in [0.1, 0.15) is 5.75 Å². The van der Waals surface area contributed by atoms with Gasteiger partial charge in [-0.05, 0) is 126 Å². The highest BCUT2D eigenvalue weighted by Gasteiger charge is 2.47. The number of nitrogens with zero attached hydrogens (tertiary/aromatic N) is 1. The zero-order valence-electron chi connectivity index (χ0n) is 24.4. The van der Waals surface area contributed by atoms with Crippen LogP contribution in [0.1, 0.15) is 101 Å². The Morgan fingerprint density at radius 1 is 1.10 bits per heavy atom. The van der Waals surface area contributed by atoms with E-state index in [9.17, 15) is 14.4 Å². The first-order valence-electron chi connectivity index (χ1n) is 15.3. The van der Waals surface area contributed by atoms with Crippen molar-refractivity contribution in [2.45, 2.75) is 97.5 Å². The molecule has 0 aromatic heterocycles. The van der Waals surface area contributed by atoms with E-state index in [0.29, 0.717) is 24.4 Å². The summed E-state index contributed by atoms with van der Waals surface area (Å²) in [6, 6.07) is 6.09. The largest absolute Gasteiger partial charge is 0.490 e. The highest BCUT2D eigenvalue weighted by Crippen LogP contribution is 2.50. The van der Waals surface area contributed by atoms with Gasteiger partial charge in [-0.1, -0.05) is 20.3 Å². The molecule has 1 aromatic rings. The Balaban J connectivity index is 0.000000333. The minimum atomic E-state index is -0.141. The Hall–Kier alpha value is -2.25. The Kier molecular flexibility index (Phi) is 10.6. The number of imide groups is 1. The third kappa shape index (κ3) is 8.37. The summed E-state index contributed by atoms with van der Waals surface area (Å²) in [5, 5.41) is 5.73. The smallest absolute Gasteiger partial charge is 0.229 e. The summed E-state index contributed by atoms with van der Waals surface area (Å²) in [4.78, 5) is 35.8. The second-order valence-corrected chi connectivity index (χ2v) is 12.5. The van der Waals surface area contributed by atoms with E-state index in [1.165, 1.54) is 71.2 Å². The van der Waals surface area contributed by atoms with Crippen LogP contribution in [0, 0.1) is 17.3 Å². The van der Waals surface area contributed by atoms with Gasteiger partial charge in [0.2, 0.25) is 11.8 Å². The molecule has 216 valence electrons. The minimum Gasteiger partial charge on any atom is -0.490 e. The van der Waals surface area contributed by atoms with Gasteiger partial charge in [-0.3, -0.25) is 19.7 Å². The number of Topliss-reactive ketones (excluding diaryl/α,β-unsaturated/α-hetero) is 1. The van der Waals surface area contributed by atoms with Crippen LogP contribution < -0.4 is 15.4 Å². The predicted octanol–water partition coefficient (Wildman–Crippen LogP) is 4.91. The fraction of sp³-hybridized carbons (Fsp3) is 0.719. The molecule has 39 heavy (non-hydrogen) atoms. The van der Waals surface area contributed by atoms with Crippen molar-refractivity contribution >= 4 is 17.6 Å². The van der Waals surface area contributed by atoms with Crippen LogP contribution in [0.2, 0.25) is 0 Å². The van der Waals surface area contributed by atoms with Crippen LogP contribution in [0.15, 0.2) is 18.2 Å². The quantitative estimate of drug-likeness (QED) is 0.360. The van der Waals surface area contributed by atoms with E-state index >= 15 is 0 Å². The van der Waals surface area contributed by atoms with Crippen LogP contribution in [0.3, 0.4) is 0 Å². The average Bonchev–Trinajstić information content (AvgIpc) is 2.91. The monoisotopic (exact) mass is 539 g/mol. The van der Waals surface area contributed by atoms with Gasteiger partial charge in [-0.2, -0.15) is 0 Å². The fourth-order valence-corrected chi connectivity index (χ4v) is 6.59. The second-order valence-electron chi connectivity index (χ2n) is 12.5. The topological polar surface area (TPSA) is 87.7 Å². The van der Waals surface area contributed by atoms with Gasteiger partial charge in [-0.25, -0.2) is 0 Å². The molecule has 2 N–H and O–H groups in total. The standard InChI is InChI=1S/C26H40N2O2.C6H9NO2/c1-3-4-5-22-16-23(6-7-25(22)20(2)29)30-24-17-26(18-24)10-14-28(15-11-26)19-21-8-12-27-13-9-21;1-4-2-3-5(8)7-6(4)9/h6-7,16,21,24,27H,3-5,8-15,17-19H2,1-2H3;4H,2-3H2,1H3,(H,7,8,9). The maximum atomic E-state index is 11.9. The molecular formula is C32H49N3O4. The number of benzene rings is 1. The van der Waals surface area contributed by atoms with Crippen molar-refractivity contribution in [2.75, 3.05) is 32.7 Å². The maximum Gasteiger partial charge on any atom is 0.229 e. The van der Waals surface area contributed by atoms with Crippen LogP contribution in [0.25, 0.3) is 0 Å². The van der Waals surface area contributed by atoms with E-state index in [1.807, 2.05) is 19.1 Å². The number of piperidine rings is 3. The summed E-state index contributed by atoms with van der Waals surface area (Å²) < 4.78 is 6.35. The van der Waals surface area contributed by atoms with E-state index < -0.39 is 0 Å². The molecular weight excluding hydrogens is 490 g/mol.